The van der Waals surface area contributed by atoms with Crippen molar-refractivity contribution >= 4 is 34.6 Å². The molecule has 2 heterocycles. The monoisotopic (exact) mass is 504 g/mol. The first-order valence-electron chi connectivity index (χ1n) is 11.8. The van der Waals surface area contributed by atoms with E-state index in [4.69, 9.17) is 9.47 Å². The highest BCUT2D eigenvalue weighted by atomic mass is 32.1. The summed E-state index contributed by atoms with van der Waals surface area (Å²) in [5, 5.41) is 7.29. The Morgan fingerprint density at radius 1 is 0.886 bits per heavy atom. The van der Waals surface area contributed by atoms with E-state index in [1.807, 2.05) is 22.9 Å². The first-order valence-corrected chi connectivity index (χ1v) is 13.7. The average molecular weight is 505 g/mol. The molecule has 0 amide bonds. The minimum Gasteiger partial charge on any atom is -0.454 e. The molecular weight excluding hydrogens is 476 g/mol. The highest BCUT2D eigenvalue weighted by molar-refractivity contribution is 7.08. The molecule has 4 nitrogen and oxygen atoms in total. The predicted octanol–water partition coefficient (Wildman–Crippen LogP) is 7.05. The molecule has 6 atom stereocenters. The van der Waals surface area contributed by atoms with Crippen LogP contribution in [-0.4, -0.2) is 24.1 Å². The van der Waals surface area contributed by atoms with Crippen molar-refractivity contribution < 1.29 is 19.1 Å². The largest absolute Gasteiger partial charge is 0.454 e. The van der Waals surface area contributed by atoms with E-state index in [-0.39, 0.29) is 29.1 Å². The third-order valence-corrected chi connectivity index (χ3v) is 9.06. The van der Waals surface area contributed by atoms with Gasteiger partial charge in [-0.25, -0.2) is 9.59 Å². The fraction of sp³-hybridized carbons (Fsp3) is 0.310. The Labute approximate surface area is 213 Å². The van der Waals surface area contributed by atoms with Crippen LogP contribution < -0.4 is 0 Å². The maximum absolute atomic E-state index is 13.3. The lowest BCUT2D eigenvalue weighted by atomic mass is 9.53. The molecule has 1 aromatic carbocycles. The van der Waals surface area contributed by atoms with Crippen LogP contribution in [0.15, 0.2) is 82.2 Å². The molecule has 0 radical (unpaired) electrons. The highest BCUT2D eigenvalue weighted by Gasteiger charge is 2.57. The molecule has 180 valence electrons. The lowest BCUT2D eigenvalue weighted by Crippen LogP contribution is -2.57. The molecule has 0 saturated heterocycles. The van der Waals surface area contributed by atoms with Crippen LogP contribution in [0.1, 0.15) is 51.6 Å². The van der Waals surface area contributed by atoms with Gasteiger partial charge in [0, 0.05) is 22.6 Å². The van der Waals surface area contributed by atoms with Gasteiger partial charge in [0.05, 0.1) is 11.1 Å². The minimum absolute atomic E-state index is 0.0694. The Hall–Kier alpha value is -2.96. The zero-order valence-corrected chi connectivity index (χ0v) is 21.6. The van der Waals surface area contributed by atoms with E-state index in [9.17, 15) is 9.59 Å². The average Bonchev–Trinajstić information content (AvgIpc) is 3.58. The van der Waals surface area contributed by atoms with Crippen LogP contribution in [0, 0.1) is 24.2 Å². The molecule has 6 heteroatoms. The van der Waals surface area contributed by atoms with Gasteiger partial charge < -0.3 is 9.47 Å². The number of benzene rings is 1. The number of rotatable bonds is 5. The summed E-state index contributed by atoms with van der Waals surface area (Å²) in [5.74, 6) is -0.976. The number of carbonyl (C=O) groups excluding carboxylic acids is 2. The van der Waals surface area contributed by atoms with E-state index in [1.54, 1.807) is 22.9 Å². The number of esters is 2. The van der Waals surface area contributed by atoms with E-state index in [0.717, 1.165) is 11.1 Å². The number of hydrogen-bond donors (Lipinski definition) is 0. The fourth-order valence-electron chi connectivity index (χ4n) is 5.56. The smallest absolute Gasteiger partial charge is 0.339 e. The molecule has 0 N–H and O–H groups in total. The summed E-state index contributed by atoms with van der Waals surface area (Å²) in [6.07, 6.45) is 7.31. The van der Waals surface area contributed by atoms with Crippen molar-refractivity contribution in [2.75, 3.05) is 0 Å². The van der Waals surface area contributed by atoms with Gasteiger partial charge in [0.15, 0.2) is 0 Å². The Kier molecular flexibility index (Phi) is 6.51. The summed E-state index contributed by atoms with van der Waals surface area (Å²) in [6.45, 7) is 6.40. The lowest BCUT2D eigenvalue weighted by molar-refractivity contribution is -0.121. The molecule has 1 saturated carbocycles. The van der Waals surface area contributed by atoms with Crippen LogP contribution in [0.25, 0.3) is 0 Å². The molecule has 0 spiro atoms. The minimum atomic E-state index is -0.643. The van der Waals surface area contributed by atoms with E-state index in [1.165, 1.54) is 22.7 Å². The second-order valence-corrected chi connectivity index (χ2v) is 11.1. The standard InChI is InChI=1S/C29H28O4S2/c1-18-8-4-5-9-22(18)24-23-10-6-7-13-29(23,3)19(2)25(32-27(30)20-11-14-34-16-20)26(24)33-28(31)21-12-15-35-17-21/h4-17,19,23-26H,1-3H3. The number of allylic oxidation sites excluding steroid dienone is 4. The van der Waals surface area contributed by atoms with Crippen LogP contribution in [0.4, 0.5) is 0 Å². The zero-order chi connectivity index (χ0) is 24.6. The number of fused-ring (bicyclic) bond motifs is 1. The fourth-order valence-corrected chi connectivity index (χ4v) is 6.81. The van der Waals surface area contributed by atoms with Gasteiger partial charge in [0.25, 0.3) is 0 Å². The van der Waals surface area contributed by atoms with Gasteiger partial charge in [-0.15, -0.1) is 0 Å². The summed E-state index contributed by atoms with van der Waals surface area (Å²) < 4.78 is 12.5. The Balaban J connectivity index is 1.62. The highest BCUT2D eigenvalue weighted by Crippen LogP contribution is 2.56. The normalized spacial score (nSPS) is 29.4. The molecule has 5 rings (SSSR count). The SMILES string of the molecule is Cc1ccccc1C1C(OC(=O)c2ccsc2)C(OC(=O)c2ccsc2)C(C)C2(C)C=CC=CC12. The first kappa shape index (κ1) is 23.8. The molecule has 2 aromatic heterocycles. The molecule has 2 aliphatic rings. The molecule has 0 bridgehead atoms. The summed E-state index contributed by atoms with van der Waals surface area (Å²) in [5.41, 5.74) is 2.98. The van der Waals surface area contributed by atoms with Gasteiger partial charge in [-0.05, 0) is 52.3 Å². The maximum atomic E-state index is 13.3. The second-order valence-electron chi connectivity index (χ2n) is 9.57. The first-order chi connectivity index (χ1) is 16.9. The predicted molar refractivity (Wildman–Crippen MR) is 140 cm³/mol. The van der Waals surface area contributed by atoms with Gasteiger partial charge in [-0.2, -0.15) is 22.7 Å². The van der Waals surface area contributed by atoms with Crippen molar-refractivity contribution in [1.29, 1.82) is 0 Å². The van der Waals surface area contributed by atoms with Crippen molar-refractivity contribution in [2.24, 2.45) is 17.3 Å². The molecule has 6 unspecified atom stereocenters. The van der Waals surface area contributed by atoms with Crippen molar-refractivity contribution in [3.05, 3.63) is 104 Å². The Morgan fingerprint density at radius 2 is 1.51 bits per heavy atom. The number of thiophene rings is 2. The summed E-state index contributed by atoms with van der Waals surface area (Å²) in [4.78, 5) is 26.4. The third kappa shape index (κ3) is 4.30. The molecular formula is C29H28O4S2. The van der Waals surface area contributed by atoms with Gasteiger partial charge in [-0.1, -0.05) is 62.4 Å². The zero-order valence-electron chi connectivity index (χ0n) is 19.9. The number of hydrogen-bond acceptors (Lipinski definition) is 6. The molecule has 2 aliphatic carbocycles. The molecule has 3 aromatic rings. The third-order valence-electron chi connectivity index (χ3n) is 7.69. The number of aryl methyl sites for hydroxylation is 1. The van der Waals surface area contributed by atoms with Crippen LogP contribution in [-0.2, 0) is 9.47 Å². The van der Waals surface area contributed by atoms with Gasteiger partial charge in [0.2, 0.25) is 0 Å². The van der Waals surface area contributed by atoms with Crippen molar-refractivity contribution in [2.45, 2.75) is 38.9 Å². The van der Waals surface area contributed by atoms with Gasteiger partial charge in [-0.3, -0.25) is 0 Å². The van der Waals surface area contributed by atoms with Gasteiger partial charge in [0.1, 0.15) is 12.2 Å². The molecule has 0 aliphatic heterocycles. The molecule has 1 fully saturated rings. The Bertz CT molecular complexity index is 1260. The topological polar surface area (TPSA) is 52.6 Å². The van der Waals surface area contributed by atoms with E-state index >= 15 is 0 Å². The van der Waals surface area contributed by atoms with Crippen molar-refractivity contribution in [1.82, 2.24) is 0 Å². The summed E-state index contributed by atoms with van der Waals surface area (Å²) >= 11 is 2.90. The van der Waals surface area contributed by atoms with E-state index < -0.39 is 18.2 Å². The van der Waals surface area contributed by atoms with Crippen LogP contribution in [0.3, 0.4) is 0 Å². The van der Waals surface area contributed by atoms with E-state index in [2.05, 4.69) is 57.2 Å². The number of carbonyl (C=O) groups is 2. The van der Waals surface area contributed by atoms with E-state index in [0.29, 0.717) is 11.1 Å². The number of ether oxygens (including phenoxy) is 2. The van der Waals surface area contributed by atoms with Crippen molar-refractivity contribution in [3.8, 4) is 0 Å². The summed E-state index contributed by atoms with van der Waals surface area (Å²) in [6, 6.07) is 11.7. The van der Waals surface area contributed by atoms with Crippen LogP contribution in [0.2, 0.25) is 0 Å². The Morgan fingerprint density at radius 3 is 2.11 bits per heavy atom. The summed E-state index contributed by atoms with van der Waals surface area (Å²) in [7, 11) is 0. The molecule has 35 heavy (non-hydrogen) atoms. The van der Waals surface area contributed by atoms with Crippen LogP contribution in [0.5, 0.6) is 0 Å². The quantitative estimate of drug-likeness (QED) is 0.349. The maximum Gasteiger partial charge on any atom is 0.339 e. The lowest BCUT2D eigenvalue weighted by Gasteiger charge is -2.54. The van der Waals surface area contributed by atoms with Crippen LogP contribution >= 0.6 is 22.7 Å². The van der Waals surface area contributed by atoms with Crippen molar-refractivity contribution in [3.63, 3.8) is 0 Å². The second kappa shape index (κ2) is 9.59. The van der Waals surface area contributed by atoms with Gasteiger partial charge >= 0.3 is 11.9 Å².